The van der Waals surface area contributed by atoms with Gasteiger partial charge in [0.25, 0.3) is 0 Å². The van der Waals surface area contributed by atoms with Crippen molar-refractivity contribution in [2.45, 2.75) is 129 Å². The topological polar surface area (TPSA) is 374 Å². The summed E-state index contributed by atoms with van der Waals surface area (Å²) in [6.45, 7) is 6.68. The summed E-state index contributed by atoms with van der Waals surface area (Å²) in [5.41, 5.74) is 22.0. The molecule has 2 aromatic carbocycles. The number of primary amides is 3. The number of carbonyl (C=O) groups excluding carboxylic acids is 11. The fourth-order valence-electron chi connectivity index (χ4n) is 7.12. The van der Waals surface area contributed by atoms with Crippen LogP contribution in [0.25, 0.3) is 0 Å². The average molecular weight is 1040 g/mol. The van der Waals surface area contributed by atoms with E-state index in [4.69, 9.17) is 17.2 Å². The third-order valence-electron chi connectivity index (χ3n) is 11.2. The van der Waals surface area contributed by atoms with E-state index in [0.29, 0.717) is 23.3 Å². The van der Waals surface area contributed by atoms with E-state index in [-0.39, 0.29) is 50.3 Å². The van der Waals surface area contributed by atoms with Crippen molar-refractivity contribution in [3.63, 3.8) is 0 Å². The van der Waals surface area contributed by atoms with Crippen LogP contribution in [0.4, 0.5) is 4.39 Å². The molecule has 0 bridgehead atoms. The van der Waals surface area contributed by atoms with Gasteiger partial charge in [0.1, 0.15) is 35.7 Å². The second-order valence-corrected chi connectivity index (χ2v) is 18.4. The lowest BCUT2D eigenvalue weighted by Gasteiger charge is -2.29. The van der Waals surface area contributed by atoms with E-state index in [1.807, 2.05) is 0 Å². The van der Waals surface area contributed by atoms with Gasteiger partial charge in [-0.15, -0.1) is 0 Å². The minimum absolute atomic E-state index is 0.00544. The van der Waals surface area contributed by atoms with Crippen molar-refractivity contribution >= 4 is 77.4 Å². The number of hydrogen-bond donors (Lipinski definition) is 12. The van der Waals surface area contributed by atoms with Gasteiger partial charge in [0.2, 0.25) is 64.7 Å². The first-order chi connectivity index (χ1) is 34.3. The van der Waals surface area contributed by atoms with Gasteiger partial charge in [-0.2, -0.15) is 12.6 Å². The number of phenolic OH excluding ortho intramolecular Hbond substituents is 1. The van der Waals surface area contributed by atoms with Crippen molar-refractivity contribution in [3.8, 4) is 5.75 Å². The van der Waals surface area contributed by atoms with Crippen LogP contribution in [0.2, 0.25) is 0 Å². The van der Waals surface area contributed by atoms with Gasteiger partial charge in [-0.3, -0.25) is 52.7 Å². The van der Waals surface area contributed by atoms with E-state index < -0.39 is 139 Å². The van der Waals surface area contributed by atoms with E-state index in [0.717, 1.165) is 17.0 Å². The Morgan fingerprint density at radius 2 is 1.26 bits per heavy atom. The van der Waals surface area contributed by atoms with Crippen LogP contribution in [0.3, 0.4) is 0 Å². The zero-order valence-electron chi connectivity index (χ0n) is 41.7. The molecule has 0 aliphatic heterocycles. The molecule has 7 atom stereocenters. The molecule has 0 saturated carbocycles. The van der Waals surface area contributed by atoms with Gasteiger partial charge in [0.05, 0.1) is 31.6 Å². The summed E-state index contributed by atoms with van der Waals surface area (Å²) >= 11 is 4.12. The highest BCUT2D eigenvalue weighted by Crippen LogP contribution is 2.16. The lowest BCUT2D eigenvalue weighted by molar-refractivity contribution is -0.142. The molecule has 0 aliphatic carbocycles. The van der Waals surface area contributed by atoms with Crippen molar-refractivity contribution in [3.05, 3.63) is 65.5 Å². The number of aromatic hydroxyl groups is 1. The van der Waals surface area contributed by atoms with Crippen LogP contribution in [-0.4, -0.2) is 130 Å². The minimum atomic E-state index is -1.62. The summed E-state index contributed by atoms with van der Waals surface area (Å²) < 4.78 is 13.8. The molecule has 1 unspecified atom stereocenters. The van der Waals surface area contributed by atoms with Gasteiger partial charge in [-0.05, 0) is 79.2 Å². The summed E-state index contributed by atoms with van der Waals surface area (Å²) in [5.74, 6) is -10.7. The summed E-state index contributed by atoms with van der Waals surface area (Å²) in [5, 5.41) is 22.3. The molecule has 0 aromatic heterocycles. The zero-order chi connectivity index (χ0) is 54.9. The molecule has 2 rings (SSSR count). The van der Waals surface area contributed by atoms with Crippen molar-refractivity contribution in [2.24, 2.45) is 29.0 Å². The Hall–Kier alpha value is -6.99. The molecule has 2 aromatic rings. The highest BCUT2D eigenvalue weighted by Gasteiger charge is 2.37. The largest absolute Gasteiger partial charge is 0.508 e. The fraction of sp³-hybridized carbons (Fsp3) is 0.521. The number of hydrazine groups is 1. The molecule has 0 fully saturated rings. The number of benzene rings is 2. The Bertz CT molecular complexity index is 2250. The van der Waals surface area contributed by atoms with Crippen LogP contribution in [-0.2, 0) is 65.7 Å². The lowest BCUT2D eigenvalue weighted by Crippen LogP contribution is -2.61. The van der Waals surface area contributed by atoms with Gasteiger partial charge in [0, 0.05) is 25.8 Å². The number of halogens is 1. The van der Waals surface area contributed by atoms with E-state index in [1.54, 1.807) is 27.7 Å². The molecule has 23 nitrogen and oxygen atoms in total. The van der Waals surface area contributed by atoms with Crippen LogP contribution in [0.5, 0.6) is 5.75 Å². The number of Topliss-reactive ketones (excluding diaryl/α,β-unsaturated/α-hetero) is 2. The van der Waals surface area contributed by atoms with Crippen LogP contribution in [0.15, 0.2) is 48.5 Å². The number of nitrogens with two attached hydrogens (primary N) is 3. The predicted octanol–water partition coefficient (Wildman–Crippen LogP) is -1.42. The third kappa shape index (κ3) is 23.0. The van der Waals surface area contributed by atoms with Crippen LogP contribution < -0.4 is 54.6 Å². The first-order valence-electron chi connectivity index (χ1n) is 23.7. The SMILES string of the molecule is CC[C@H](C)C(NC(=O)[C@H](CCC(N)=O)NN[C@@H](CC(N)=O)C(=O)N[C@@H](C)C(=O)N(CC(=O)N[C@@H](CC(C)C)C(=O)NCC(N)=O)Cc1ccc(F)cc1)C(=O)C(=O)[C@H](Cc1ccc(O)cc1)NC(=O)CCCS. The monoisotopic (exact) mass is 1040 g/mol. The zero-order valence-corrected chi connectivity index (χ0v) is 42.6. The van der Waals surface area contributed by atoms with E-state index in [2.05, 4.69) is 50.1 Å². The third-order valence-corrected chi connectivity index (χ3v) is 11.5. The van der Waals surface area contributed by atoms with Gasteiger partial charge in [-0.1, -0.05) is 58.4 Å². The number of nitrogens with zero attached hydrogens (tertiary/aromatic N) is 1. The molecule has 0 aliphatic rings. The quantitative estimate of drug-likeness (QED) is 0.0218. The molecular weight excluding hydrogens is 974 g/mol. The number of hydrogen-bond acceptors (Lipinski definition) is 15. The molecule has 0 spiro atoms. The van der Waals surface area contributed by atoms with E-state index in [9.17, 15) is 62.2 Å². The summed E-state index contributed by atoms with van der Waals surface area (Å²) in [7, 11) is 0. The second-order valence-electron chi connectivity index (χ2n) is 18.0. The van der Waals surface area contributed by atoms with Crippen molar-refractivity contribution in [1.29, 1.82) is 0 Å². The van der Waals surface area contributed by atoms with Gasteiger partial charge < -0.3 is 53.8 Å². The smallest absolute Gasteiger partial charge is 0.245 e. The number of nitrogens with one attached hydrogen (secondary N) is 7. The van der Waals surface area contributed by atoms with Crippen molar-refractivity contribution < 1.29 is 62.2 Å². The van der Waals surface area contributed by atoms with Crippen LogP contribution in [0, 0.1) is 17.7 Å². The van der Waals surface area contributed by atoms with Gasteiger partial charge in [0.15, 0.2) is 0 Å². The predicted molar refractivity (Wildman–Crippen MR) is 267 cm³/mol. The first-order valence-corrected chi connectivity index (χ1v) is 24.3. The summed E-state index contributed by atoms with van der Waals surface area (Å²) in [6, 6.07) is 2.21. The lowest BCUT2D eigenvalue weighted by atomic mass is 9.89. The Morgan fingerprint density at radius 3 is 1.82 bits per heavy atom. The molecule has 0 heterocycles. The van der Waals surface area contributed by atoms with Gasteiger partial charge >= 0.3 is 0 Å². The molecule has 14 N–H and O–H groups in total. The highest BCUT2D eigenvalue weighted by atomic mass is 32.1. The molecule has 0 radical (unpaired) electrons. The molecule has 73 heavy (non-hydrogen) atoms. The number of amides is 9. The Kier molecular flexibility index (Phi) is 26.8. The Balaban J connectivity index is 2.39. The number of phenols is 1. The Labute approximate surface area is 428 Å². The normalized spacial score (nSPS) is 13.9. The van der Waals surface area contributed by atoms with E-state index >= 15 is 0 Å². The molecule has 0 saturated heterocycles. The number of rotatable bonds is 34. The minimum Gasteiger partial charge on any atom is -0.508 e. The number of carbonyl (C=O) groups is 11. The van der Waals surface area contributed by atoms with Crippen LogP contribution in [0.1, 0.15) is 90.7 Å². The molecule has 25 heteroatoms. The van der Waals surface area contributed by atoms with Crippen molar-refractivity contribution in [2.75, 3.05) is 18.8 Å². The standard InChI is InChI=1S/C48H70FN11O12S/c1-6-27(4)42(44(68)43(67)34(55-40(65)8-7-19-73)21-29-11-15-32(61)16-12-29)57-46(70)33(17-18-37(50)62)58-59-36(22-38(51)63)47(71)54-28(5)48(72)60(24-30-9-13-31(49)14-10-30)25-41(66)56-35(20-26(2)3)45(69)53-23-39(52)64/h9-16,26-28,33-36,42,58-59,61,73H,6-8,17-25H2,1-5H3,(H2,50,62)(H2,51,63)(H2,52,64)(H,53,69)(H,54,71)(H,55,65)(H,56,66)(H,57,70)/t27-,28-,33-,34-,35-,36-,42?/m0/s1. The van der Waals surface area contributed by atoms with E-state index in [1.165, 1.54) is 43.3 Å². The number of thiol groups is 1. The second kappa shape index (κ2) is 31.5. The number of ketones is 2. The Morgan fingerprint density at radius 1 is 0.671 bits per heavy atom. The van der Waals surface area contributed by atoms with Crippen molar-refractivity contribution in [1.82, 2.24) is 42.3 Å². The average Bonchev–Trinajstić information content (AvgIpc) is 3.32. The molecule has 9 amide bonds. The first kappa shape index (κ1) is 62.1. The van der Waals surface area contributed by atoms with Crippen LogP contribution >= 0.6 is 12.6 Å². The summed E-state index contributed by atoms with van der Waals surface area (Å²) in [4.78, 5) is 146. The maximum absolute atomic E-state index is 14.1. The maximum Gasteiger partial charge on any atom is 0.245 e. The maximum atomic E-state index is 14.1. The molecule has 402 valence electrons. The van der Waals surface area contributed by atoms with Gasteiger partial charge in [-0.25, -0.2) is 15.2 Å². The highest BCUT2D eigenvalue weighted by molar-refractivity contribution is 7.80. The fourth-order valence-corrected chi connectivity index (χ4v) is 7.27. The molecular formula is C48H70FN11O12S. The summed E-state index contributed by atoms with van der Waals surface area (Å²) in [6.07, 6.45) is -0.829.